The van der Waals surface area contributed by atoms with Gasteiger partial charge in [-0.05, 0) is 86.8 Å². The van der Waals surface area contributed by atoms with Crippen molar-refractivity contribution in [3.63, 3.8) is 0 Å². The molecule has 0 bridgehead atoms. The molecule has 7 rings (SSSR count). The molecule has 5 atom stereocenters. The first-order valence-corrected chi connectivity index (χ1v) is 15.5. The highest BCUT2D eigenvalue weighted by molar-refractivity contribution is 9.13. The Labute approximate surface area is 256 Å². The van der Waals surface area contributed by atoms with Gasteiger partial charge in [-0.15, -0.1) is 11.3 Å². The maximum absolute atomic E-state index is 14.0. The van der Waals surface area contributed by atoms with Crippen LogP contribution in [-0.2, 0) is 29.6 Å². The van der Waals surface area contributed by atoms with E-state index in [9.17, 15) is 19.5 Å². The molecule has 41 heavy (non-hydrogen) atoms. The average Bonchev–Trinajstić information content (AvgIpc) is 3.64. The van der Waals surface area contributed by atoms with Gasteiger partial charge in [0.25, 0.3) is 5.79 Å². The van der Waals surface area contributed by atoms with Gasteiger partial charge in [0.05, 0.1) is 30.1 Å². The predicted molar refractivity (Wildman–Crippen MR) is 157 cm³/mol. The molecule has 1 spiro atoms. The van der Waals surface area contributed by atoms with Crippen LogP contribution in [0.25, 0.3) is 0 Å². The second-order valence-corrected chi connectivity index (χ2v) is 13.5. The summed E-state index contributed by atoms with van der Waals surface area (Å²) in [6.07, 6.45) is -1.02. The minimum atomic E-state index is -2.32. The quantitative estimate of drug-likeness (QED) is 0.376. The van der Waals surface area contributed by atoms with E-state index < -0.39 is 47.0 Å². The van der Waals surface area contributed by atoms with Crippen LogP contribution >= 0.6 is 43.2 Å². The Morgan fingerprint density at radius 1 is 1.07 bits per heavy atom. The van der Waals surface area contributed by atoms with Gasteiger partial charge in [-0.1, -0.05) is 6.07 Å². The monoisotopic (exact) mass is 702 g/mol. The van der Waals surface area contributed by atoms with Gasteiger partial charge in [0.2, 0.25) is 17.3 Å². The molecule has 3 fully saturated rings. The van der Waals surface area contributed by atoms with Crippen LogP contribution in [0.4, 0.5) is 11.4 Å². The summed E-state index contributed by atoms with van der Waals surface area (Å²) in [5.74, 6) is -6.77. The molecule has 0 saturated carbocycles. The van der Waals surface area contributed by atoms with Gasteiger partial charge in [-0.2, -0.15) is 0 Å². The lowest BCUT2D eigenvalue weighted by molar-refractivity contribution is -0.251. The first kappa shape index (κ1) is 27.2. The fourth-order valence-electron chi connectivity index (χ4n) is 6.42. The Morgan fingerprint density at radius 3 is 2.51 bits per heavy atom. The first-order valence-electron chi connectivity index (χ1n) is 13.1. The van der Waals surface area contributed by atoms with E-state index in [0.717, 1.165) is 28.1 Å². The number of fused-ring (bicyclic) bond motifs is 2. The number of amides is 1. The SMILES string of the molecule is Cc1cc2c(s1)C1(O)OC(=O)C3[C@H](C(=O)Nc4ccc(N5CCOCC5)cc4)C(c4ccc(Br)c(Br)c4)OC31C2=O. The molecule has 3 aromatic rings. The van der Waals surface area contributed by atoms with Gasteiger partial charge >= 0.3 is 5.97 Å². The van der Waals surface area contributed by atoms with E-state index in [2.05, 4.69) is 42.1 Å². The lowest BCUT2D eigenvalue weighted by atomic mass is 9.75. The normalized spacial score (nSPS) is 30.1. The van der Waals surface area contributed by atoms with E-state index in [1.165, 1.54) is 11.3 Å². The smallest absolute Gasteiger partial charge is 0.316 e. The molecule has 4 unspecified atom stereocenters. The zero-order valence-corrected chi connectivity index (χ0v) is 25.7. The van der Waals surface area contributed by atoms with Crippen LogP contribution in [0.3, 0.4) is 0 Å². The topological polar surface area (TPSA) is 114 Å². The number of ketones is 1. The highest BCUT2D eigenvalue weighted by Crippen LogP contribution is 2.66. The Kier molecular flexibility index (Phi) is 6.45. The van der Waals surface area contributed by atoms with Gasteiger partial charge in [-0.3, -0.25) is 14.4 Å². The van der Waals surface area contributed by atoms with Gasteiger partial charge in [0.15, 0.2) is 0 Å². The number of carbonyl (C=O) groups is 3. The highest BCUT2D eigenvalue weighted by Gasteiger charge is 2.83. The molecule has 2 N–H and O–H groups in total. The molecule has 1 aliphatic carbocycles. The molecule has 1 aromatic heterocycles. The molecule has 212 valence electrons. The van der Waals surface area contributed by atoms with Crippen LogP contribution < -0.4 is 10.2 Å². The fourth-order valence-corrected chi connectivity index (χ4v) is 8.15. The van der Waals surface area contributed by atoms with Crippen molar-refractivity contribution in [1.82, 2.24) is 0 Å². The van der Waals surface area contributed by atoms with Crippen molar-refractivity contribution in [1.29, 1.82) is 0 Å². The summed E-state index contributed by atoms with van der Waals surface area (Å²) >= 11 is 8.13. The van der Waals surface area contributed by atoms with Crippen molar-refractivity contribution in [3.05, 3.63) is 78.4 Å². The highest BCUT2D eigenvalue weighted by atomic mass is 79.9. The molecular weight excluding hydrogens is 680 g/mol. The van der Waals surface area contributed by atoms with Crippen molar-refractivity contribution in [2.45, 2.75) is 24.4 Å². The fraction of sp³-hybridized carbons (Fsp3) is 0.345. The van der Waals surface area contributed by atoms with Crippen molar-refractivity contribution in [2.75, 3.05) is 36.5 Å². The molecule has 12 heteroatoms. The number of halogens is 2. The number of thiophene rings is 1. The van der Waals surface area contributed by atoms with E-state index in [4.69, 9.17) is 14.2 Å². The third-order valence-electron chi connectivity index (χ3n) is 8.27. The van der Waals surface area contributed by atoms with E-state index >= 15 is 0 Å². The number of esters is 1. The van der Waals surface area contributed by atoms with Crippen LogP contribution in [0.1, 0.15) is 31.8 Å². The number of hydrogen-bond donors (Lipinski definition) is 2. The van der Waals surface area contributed by atoms with E-state index in [-0.39, 0.29) is 10.4 Å². The largest absolute Gasteiger partial charge is 0.424 e. The summed E-state index contributed by atoms with van der Waals surface area (Å²) < 4.78 is 18.9. The molecule has 9 nitrogen and oxygen atoms in total. The number of ether oxygens (including phenoxy) is 3. The van der Waals surface area contributed by atoms with Crippen molar-refractivity contribution >= 4 is 72.2 Å². The Balaban J connectivity index is 1.27. The van der Waals surface area contributed by atoms with Gasteiger partial charge < -0.3 is 29.5 Å². The number of rotatable bonds is 4. The number of nitrogens with zero attached hydrogens (tertiary/aromatic N) is 1. The molecule has 0 radical (unpaired) electrons. The number of carbonyl (C=O) groups excluding carboxylic acids is 3. The average molecular weight is 704 g/mol. The van der Waals surface area contributed by atoms with Crippen LogP contribution in [0.5, 0.6) is 0 Å². The lowest BCUT2D eigenvalue weighted by Crippen LogP contribution is -2.53. The number of Topliss-reactive ketones (excluding diaryl/α,β-unsaturated/α-hetero) is 1. The molecule has 2 aromatic carbocycles. The Bertz CT molecular complexity index is 1600. The van der Waals surface area contributed by atoms with Crippen molar-refractivity contribution in [3.8, 4) is 0 Å². The number of benzene rings is 2. The van der Waals surface area contributed by atoms with Crippen LogP contribution in [-0.4, -0.2) is 54.7 Å². The van der Waals surface area contributed by atoms with Crippen LogP contribution in [0.2, 0.25) is 0 Å². The standard InChI is InChI=1S/C29H24Br2N2O7S/c1-14-12-18-24(34)28-22(27(36)40-29(28,37)25(18)41-14)21(23(39-28)15-2-7-19(30)20(31)13-15)26(35)32-16-3-5-17(6-4-16)33-8-10-38-11-9-33/h2-7,12-13,21-23,37H,8-11H2,1H3,(H,32,35)/t21-,22?,23?,28?,29?/m0/s1. The molecule has 4 aliphatic rings. The summed E-state index contributed by atoms with van der Waals surface area (Å²) in [4.78, 5) is 44.7. The summed E-state index contributed by atoms with van der Waals surface area (Å²) in [6, 6.07) is 14.4. The molecule has 1 amide bonds. The van der Waals surface area contributed by atoms with Crippen LogP contribution in [0, 0.1) is 18.8 Å². The Hall–Kier alpha value is -2.61. The molecular formula is C29H24Br2N2O7S. The number of morpholine rings is 1. The van der Waals surface area contributed by atoms with Crippen molar-refractivity contribution < 1.29 is 33.7 Å². The number of nitrogens with one attached hydrogen (secondary N) is 1. The molecule has 3 aliphatic heterocycles. The van der Waals surface area contributed by atoms with Gasteiger partial charge in [0, 0.05) is 43.9 Å². The number of hydrogen-bond acceptors (Lipinski definition) is 9. The molecule has 3 saturated heterocycles. The number of aliphatic hydroxyl groups is 1. The summed E-state index contributed by atoms with van der Waals surface area (Å²) in [6.45, 7) is 4.68. The summed E-state index contributed by atoms with van der Waals surface area (Å²) in [5.41, 5.74) is 0.280. The zero-order valence-electron chi connectivity index (χ0n) is 21.7. The minimum Gasteiger partial charge on any atom is -0.424 e. The maximum Gasteiger partial charge on any atom is 0.316 e. The van der Waals surface area contributed by atoms with Gasteiger partial charge in [0.1, 0.15) is 5.92 Å². The second kappa shape index (κ2) is 9.72. The summed E-state index contributed by atoms with van der Waals surface area (Å²) in [7, 11) is 0. The van der Waals surface area contributed by atoms with E-state index in [1.807, 2.05) is 12.1 Å². The third kappa shape index (κ3) is 3.91. The zero-order chi connectivity index (χ0) is 28.7. The number of anilines is 2. The van der Waals surface area contributed by atoms with Crippen LogP contribution in [0.15, 0.2) is 57.5 Å². The van der Waals surface area contributed by atoms with Gasteiger partial charge in [-0.25, -0.2) is 0 Å². The third-order valence-corrected chi connectivity index (χ3v) is 11.3. The predicted octanol–water partition coefficient (Wildman–Crippen LogP) is 4.70. The summed E-state index contributed by atoms with van der Waals surface area (Å²) in [5, 5.41) is 14.8. The second-order valence-electron chi connectivity index (χ2n) is 10.6. The maximum atomic E-state index is 14.0. The lowest BCUT2D eigenvalue weighted by Gasteiger charge is -2.31. The van der Waals surface area contributed by atoms with E-state index in [0.29, 0.717) is 28.9 Å². The van der Waals surface area contributed by atoms with Crippen molar-refractivity contribution in [2.24, 2.45) is 11.8 Å². The first-order chi connectivity index (χ1) is 19.6. The van der Waals surface area contributed by atoms with E-state index in [1.54, 1.807) is 43.3 Å². The molecule has 4 heterocycles. The Morgan fingerprint density at radius 2 is 1.80 bits per heavy atom. The number of aryl methyl sites for hydroxylation is 1. The minimum absolute atomic E-state index is 0.228.